The van der Waals surface area contributed by atoms with Crippen LogP contribution in [0.3, 0.4) is 0 Å². The van der Waals surface area contributed by atoms with Crippen molar-refractivity contribution >= 4 is 28.9 Å². The summed E-state index contributed by atoms with van der Waals surface area (Å²) < 4.78 is 0. The second-order valence-electron chi connectivity index (χ2n) is 6.10. The van der Waals surface area contributed by atoms with Crippen molar-refractivity contribution < 1.29 is 9.72 Å². The van der Waals surface area contributed by atoms with Crippen LogP contribution < -0.4 is 5.32 Å². The summed E-state index contributed by atoms with van der Waals surface area (Å²) in [5.74, 6) is -0.100. The number of alkyl halides is 1. The predicted molar refractivity (Wildman–Crippen MR) is 100 cm³/mol. The van der Waals surface area contributed by atoms with Crippen molar-refractivity contribution in [2.24, 2.45) is 5.92 Å². The van der Waals surface area contributed by atoms with Crippen molar-refractivity contribution in [3.05, 3.63) is 88.3 Å². The van der Waals surface area contributed by atoms with E-state index in [1.807, 2.05) is 18.2 Å². The van der Waals surface area contributed by atoms with Gasteiger partial charge in [0.1, 0.15) is 12.0 Å². The molecule has 1 aliphatic rings. The fourth-order valence-electron chi connectivity index (χ4n) is 2.75. The van der Waals surface area contributed by atoms with Crippen LogP contribution in [0.5, 0.6) is 0 Å². The molecule has 6 nitrogen and oxygen atoms in total. The predicted octanol–water partition coefficient (Wildman–Crippen LogP) is 4.35. The molecule has 0 aliphatic heterocycles. The van der Waals surface area contributed by atoms with E-state index in [-0.39, 0.29) is 11.5 Å². The first-order valence-corrected chi connectivity index (χ1v) is 8.31. The Bertz CT molecular complexity index is 890. The summed E-state index contributed by atoms with van der Waals surface area (Å²) in [6.45, 7) is 1.77. The van der Waals surface area contributed by atoms with Gasteiger partial charge in [-0.3, -0.25) is 14.9 Å². The van der Waals surface area contributed by atoms with Gasteiger partial charge in [-0.25, -0.2) is 4.98 Å². The molecule has 2 atom stereocenters. The Morgan fingerprint density at radius 2 is 2.00 bits per heavy atom. The number of nitrogens with zero attached hydrogens (tertiary/aromatic N) is 2. The molecule has 0 spiro atoms. The van der Waals surface area contributed by atoms with Gasteiger partial charge < -0.3 is 5.32 Å². The van der Waals surface area contributed by atoms with Crippen LogP contribution in [0.1, 0.15) is 17.3 Å². The number of rotatable bonds is 5. The lowest BCUT2D eigenvalue weighted by Crippen LogP contribution is -2.34. The zero-order valence-corrected chi connectivity index (χ0v) is 14.7. The summed E-state index contributed by atoms with van der Waals surface area (Å²) in [4.78, 5) is 26.0. The Kier molecular flexibility index (Phi) is 4.86. The lowest BCUT2D eigenvalue weighted by molar-refractivity contribution is -0.385. The van der Waals surface area contributed by atoms with Crippen LogP contribution in [0.15, 0.2) is 72.6 Å². The Hall–Kier alpha value is -2.99. The van der Waals surface area contributed by atoms with Crippen molar-refractivity contribution in [3.8, 4) is 0 Å². The number of carbonyl (C=O) groups excluding carboxylic acids is 1. The number of Topliss-reactive ketones (excluding diaryl/α,β-unsaturated/α-hetero) is 1. The highest BCUT2D eigenvalue weighted by atomic mass is 35.5. The summed E-state index contributed by atoms with van der Waals surface area (Å²) in [7, 11) is 0. The minimum Gasteiger partial charge on any atom is -0.340 e. The molecule has 1 aromatic carbocycles. The second kappa shape index (κ2) is 7.09. The van der Waals surface area contributed by atoms with E-state index in [0.717, 1.165) is 0 Å². The van der Waals surface area contributed by atoms with Crippen LogP contribution in [-0.4, -0.2) is 20.6 Å². The molecule has 132 valence electrons. The minimum atomic E-state index is -0.912. The van der Waals surface area contributed by atoms with Gasteiger partial charge >= 0.3 is 0 Å². The van der Waals surface area contributed by atoms with Crippen LogP contribution in [0, 0.1) is 16.0 Å². The standard InChI is InChI=1S/C19H16ClN3O3/c1-19(20)11-14(22-17-10-8-15(12-21-17)23(25)26)7-9-16(19)18(24)13-5-3-2-4-6-13/h2-12,16H,1H3,(H,21,22). The average molecular weight is 370 g/mol. The van der Waals surface area contributed by atoms with Crippen LogP contribution in [0.25, 0.3) is 0 Å². The van der Waals surface area contributed by atoms with E-state index >= 15 is 0 Å². The Balaban J connectivity index is 1.76. The van der Waals surface area contributed by atoms with Gasteiger partial charge in [0, 0.05) is 17.3 Å². The van der Waals surface area contributed by atoms with E-state index in [9.17, 15) is 14.9 Å². The molecule has 0 saturated heterocycles. The Labute approximate surface area is 155 Å². The van der Waals surface area contributed by atoms with Gasteiger partial charge in [0.15, 0.2) is 5.78 Å². The molecule has 3 rings (SSSR count). The van der Waals surface area contributed by atoms with Crippen molar-refractivity contribution in [2.45, 2.75) is 11.8 Å². The van der Waals surface area contributed by atoms with Gasteiger partial charge in [-0.15, -0.1) is 11.6 Å². The minimum absolute atomic E-state index is 0.0527. The third-order valence-electron chi connectivity index (χ3n) is 4.09. The summed E-state index contributed by atoms with van der Waals surface area (Å²) in [6, 6.07) is 11.9. The van der Waals surface area contributed by atoms with Gasteiger partial charge in [-0.1, -0.05) is 36.4 Å². The molecule has 26 heavy (non-hydrogen) atoms. The van der Waals surface area contributed by atoms with E-state index < -0.39 is 15.7 Å². The van der Waals surface area contributed by atoms with Gasteiger partial charge in [-0.2, -0.15) is 0 Å². The maximum Gasteiger partial charge on any atom is 0.287 e. The molecule has 0 amide bonds. The number of nitrogens with one attached hydrogen (secondary N) is 1. The number of aromatic nitrogens is 1. The highest BCUT2D eigenvalue weighted by Crippen LogP contribution is 2.35. The largest absolute Gasteiger partial charge is 0.340 e. The molecule has 0 radical (unpaired) electrons. The van der Waals surface area contributed by atoms with Crippen molar-refractivity contribution in [2.75, 3.05) is 5.32 Å². The van der Waals surface area contributed by atoms with E-state index in [0.29, 0.717) is 17.1 Å². The fourth-order valence-corrected chi connectivity index (χ4v) is 3.04. The topological polar surface area (TPSA) is 85.1 Å². The molecule has 0 saturated carbocycles. The molecule has 1 aromatic heterocycles. The molecule has 0 fully saturated rings. The number of benzene rings is 1. The van der Waals surface area contributed by atoms with Gasteiger partial charge in [0.2, 0.25) is 0 Å². The van der Waals surface area contributed by atoms with E-state index in [1.54, 1.807) is 37.3 Å². The summed E-state index contributed by atoms with van der Waals surface area (Å²) in [5.41, 5.74) is 1.19. The number of halogens is 1. The summed E-state index contributed by atoms with van der Waals surface area (Å²) in [5, 5.41) is 13.7. The number of nitro groups is 1. The third kappa shape index (κ3) is 3.81. The number of pyridine rings is 1. The molecule has 1 heterocycles. The first kappa shape index (κ1) is 17.8. The highest BCUT2D eigenvalue weighted by molar-refractivity contribution is 6.28. The number of hydrogen-bond donors (Lipinski definition) is 1. The summed E-state index contributed by atoms with van der Waals surface area (Å²) >= 11 is 6.61. The molecule has 0 bridgehead atoms. The molecule has 2 unspecified atom stereocenters. The average Bonchev–Trinajstić information content (AvgIpc) is 2.62. The van der Waals surface area contributed by atoms with Crippen LogP contribution >= 0.6 is 11.6 Å². The van der Waals surface area contributed by atoms with Crippen LogP contribution in [-0.2, 0) is 0 Å². The molecule has 2 aromatic rings. The van der Waals surface area contributed by atoms with Gasteiger partial charge in [-0.05, 0) is 25.1 Å². The van der Waals surface area contributed by atoms with Crippen molar-refractivity contribution in [3.63, 3.8) is 0 Å². The van der Waals surface area contributed by atoms with Crippen molar-refractivity contribution in [1.29, 1.82) is 0 Å². The zero-order valence-electron chi connectivity index (χ0n) is 13.9. The van der Waals surface area contributed by atoms with E-state index in [4.69, 9.17) is 11.6 Å². The number of ketones is 1. The van der Waals surface area contributed by atoms with Crippen LogP contribution in [0.4, 0.5) is 11.5 Å². The monoisotopic (exact) mass is 369 g/mol. The van der Waals surface area contributed by atoms with E-state index in [1.165, 1.54) is 18.3 Å². The van der Waals surface area contributed by atoms with Crippen LogP contribution in [0.2, 0.25) is 0 Å². The van der Waals surface area contributed by atoms with E-state index in [2.05, 4.69) is 10.3 Å². The number of anilines is 1. The maximum atomic E-state index is 12.7. The number of hydrogen-bond acceptors (Lipinski definition) is 5. The fraction of sp³-hybridized carbons (Fsp3) is 0.158. The third-order valence-corrected chi connectivity index (χ3v) is 4.43. The molecule has 7 heteroatoms. The van der Waals surface area contributed by atoms with Gasteiger partial charge in [0.05, 0.1) is 15.7 Å². The molecule has 1 N–H and O–H groups in total. The number of allylic oxidation sites excluding steroid dienone is 3. The lowest BCUT2D eigenvalue weighted by Gasteiger charge is -2.30. The SMILES string of the molecule is CC1(Cl)C=C(Nc2ccc([N+](=O)[O-])cn2)C=CC1C(=O)c1ccccc1. The second-order valence-corrected chi connectivity index (χ2v) is 6.92. The Morgan fingerprint density at radius 3 is 2.58 bits per heavy atom. The van der Waals surface area contributed by atoms with Gasteiger partial charge in [0.25, 0.3) is 5.69 Å². The molecular formula is C19H16ClN3O3. The lowest BCUT2D eigenvalue weighted by atomic mass is 9.82. The molecular weight excluding hydrogens is 354 g/mol. The molecule has 1 aliphatic carbocycles. The number of carbonyl (C=O) groups is 1. The summed E-state index contributed by atoms with van der Waals surface area (Å²) in [6.07, 6.45) is 6.45. The highest BCUT2D eigenvalue weighted by Gasteiger charge is 2.36. The Morgan fingerprint density at radius 1 is 1.27 bits per heavy atom. The maximum absolute atomic E-state index is 12.7. The van der Waals surface area contributed by atoms with Crippen molar-refractivity contribution in [1.82, 2.24) is 4.98 Å². The zero-order chi connectivity index (χ0) is 18.7. The smallest absolute Gasteiger partial charge is 0.287 e. The normalized spacial score (nSPS) is 21.8. The first-order valence-electron chi connectivity index (χ1n) is 7.93. The quantitative estimate of drug-likeness (QED) is 0.366. The first-order chi connectivity index (χ1) is 12.4.